The highest BCUT2D eigenvalue weighted by molar-refractivity contribution is 9.10. The number of terminal acetylenes is 1. The van der Waals surface area contributed by atoms with Crippen LogP contribution in [0.25, 0.3) is 0 Å². The Kier molecular flexibility index (Phi) is 4.21. The lowest BCUT2D eigenvalue weighted by atomic mass is 10.3. The largest absolute Gasteiger partial charge is 0.464 e. The molecule has 0 saturated heterocycles. The number of aromatic nitrogens is 2. The lowest BCUT2D eigenvalue weighted by molar-refractivity contribution is 0.353. The molecule has 0 bridgehead atoms. The first kappa shape index (κ1) is 13.2. The van der Waals surface area contributed by atoms with Gasteiger partial charge in [-0.05, 0) is 34.1 Å². The van der Waals surface area contributed by atoms with E-state index in [9.17, 15) is 0 Å². The van der Waals surface area contributed by atoms with Gasteiger partial charge in [0.15, 0.2) is 6.61 Å². The van der Waals surface area contributed by atoms with E-state index in [4.69, 9.17) is 16.9 Å². The third-order valence-corrected chi connectivity index (χ3v) is 2.69. The lowest BCUT2D eigenvalue weighted by Gasteiger charge is -2.08. The number of nitrogen functional groups attached to an aromatic ring is 1. The lowest BCUT2D eigenvalue weighted by Crippen LogP contribution is -2.02. The summed E-state index contributed by atoms with van der Waals surface area (Å²) in [6.45, 7) is 0.146. The van der Waals surface area contributed by atoms with E-state index in [-0.39, 0.29) is 6.61 Å². The van der Waals surface area contributed by atoms with Crippen LogP contribution in [0, 0.1) is 12.3 Å². The molecule has 0 fully saturated rings. The third-order valence-electron chi connectivity index (χ3n) is 2.15. The van der Waals surface area contributed by atoms with Crippen LogP contribution >= 0.6 is 15.9 Å². The van der Waals surface area contributed by atoms with Crippen molar-refractivity contribution in [1.82, 2.24) is 9.97 Å². The van der Waals surface area contributed by atoms with E-state index in [1.165, 1.54) is 0 Å². The molecule has 0 aliphatic heterocycles. The van der Waals surface area contributed by atoms with Crippen molar-refractivity contribution in [3.05, 3.63) is 34.9 Å². The highest BCUT2D eigenvalue weighted by Crippen LogP contribution is 2.24. The molecule has 6 heteroatoms. The van der Waals surface area contributed by atoms with Crippen LogP contribution < -0.4 is 15.8 Å². The molecule has 0 aliphatic carbocycles. The fourth-order valence-electron chi connectivity index (χ4n) is 1.37. The molecular weight excluding hydrogens is 308 g/mol. The summed E-state index contributed by atoms with van der Waals surface area (Å²) in [5.41, 5.74) is 7.15. The second-order valence-electron chi connectivity index (χ2n) is 3.59. The van der Waals surface area contributed by atoms with Crippen molar-refractivity contribution in [2.75, 3.05) is 17.7 Å². The summed E-state index contributed by atoms with van der Waals surface area (Å²) < 4.78 is 5.93. The SMILES string of the molecule is C#CCOc1nc(Nc2cccc(N)c2)ncc1Br. The predicted octanol–water partition coefficient (Wildman–Crippen LogP) is 2.58. The molecule has 96 valence electrons. The van der Waals surface area contributed by atoms with E-state index in [0.717, 1.165) is 5.69 Å². The Labute approximate surface area is 119 Å². The number of nitrogens with two attached hydrogens (primary N) is 1. The molecule has 0 aliphatic rings. The molecule has 0 amide bonds. The third kappa shape index (κ3) is 3.60. The zero-order chi connectivity index (χ0) is 13.7. The summed E-state index contributed by atoms with van der Waals surface area (Å²) in [4.78, 5) is 8.34. The standard InChI is InChI=1S/C13H11BrN4O/c1-2-6-19-12-11(14)8-16-13(18-12)17-10-5-3-4-9(15)7-10/h1,3-5,7-8H,6,15H2,(H,16,17,18). The van der Waals surface area contributed by atoms with Gasteiger partial charge in [-0.15, -0.1) is 6.42 Å². The molecule has 0 saturated carbocycles. The fraction of sp³-hybridized carbons (Fsp3) is 0.0769. The van der Waals surface area contributed by atoms with Gasteiger partial charge in [-0.25, -0.2) is 4.98 Å². The fourth-order valence-corrected chi connectivity index (χ4v) is 1.67. The van der Waals surface area contributed by atoms with Crippen molar-refractivity contribution in [1.29, 1.82) is 0 Å². The van der Waals surface area contributed by atoms with Crippen LogP contribution in [0.1, 0.15) is 0 Å². The van der Waals surface area contributed by atoms with E-state index in [2.05, 4.69) is 37.1 Å². The van der Waals surface area contributed by atoms with Gasteiger partial charge in [0.05, 0.1) is 10.7 Å². The number of nitrogens with zero attached hydrogens (tertiary/aromatic N) is 2. The molecule has 0 unspecified atom stereocenters. The van der Waals surface area contributed by atoms with Crippen molar-refractivity contribution in [3.63, 3.8) is 0 Å². The van der Waals surface area contributed by atoms with Crippen LogP contribution in [0.5, 0.6) is 5.88 Å². The molecule has 0 atom stereocenters. The van der Waals surface area contributed by atoms with Crippen molar-refractivity contribution in [2.24, 2.45) is 0 Å². The Morgan fingerprint density at radius 3 is 3.05 bits per heavy atom. The van der Waals surface area contributed by atoms with Gasteiger partial charge in [-0.3, -0.25) is 0 Å². The summed E-state index contributed by atoms with van der Waals surface area (Å²) in [6.07, 6.45) is 6.73. The normalized spacial score (nSPS) is 9.68. The van der Waals surface area contributed by atoms with Crippen molar-refractivity contribution >= 4 is 33.3 Å². The van der Waals surface area contributed by atoms with Gasteiger partial charge in [0.25, 0.3) is 0 Å². The van der Waals surface area contributed by atoms with Gasteiger partial charge in [0.1, 0.15) is 0 Å². The van der Waals surface area contributed by atoms with Crippen LogP contribution in [0.4, 0.5) is 17.3 Å². The number of nitrogens with one attached hydrogen (secondary N) is 1. The Hall–Kier alpha value is -2.26. The smallest absolute Gasteiger partial charge is 0.233 e. The number of hydrogen-bond acceptors (Lipinski definition) is 5. The topological polar surface area (TPSA) is 73.1 Å². The van der Waals surface area contributed by atoms with E-state index < -0.39 is 0 Å². The summed E-state index contributed by atoms with van der Waals surface area (Å²) >= 11 is 3.29. The predicted molar refractivity (Wildman–Crippen MR) is 78.2 cm³/mol. The Morgan fingerprint density at radius 2 is 2.32 bits per heavy atom. The Balaban J connectivity index is 2.19. The van der Waals surface area contributed by atoms with E-state index in [1.807, 2.05) is 12.1 Å². The first-order valence-corrected chi connectivity index (χ1v) is 6.19. The average molecular weight is 319 g/mol. The molecule has 19 heavy (non-hydrogen) atoms. The van der Waals surface area contributed by atoms with Gasteiger partial charge in [-0.1, -0.05) is 12.0 Å². The van der Waals surface area contributed by atoms with E-state index >= 15 is 0 Å². The number of halogens is 1. The molecule has 1 aromatic carbocycles. The highest BCUT2D eigenvalue weighted by atomic mass is 79.9. The molecular formula is C13H11BrN4O. The number of hydrogen-bond donors (Lipinski definition) is 2. The van der Waals surface area contributed by atoms with Crippen molar-refractivity contribution in [2.45, 2.75) is 0 Å². The quantitative estimate of drug-likeness (QED) is 0.669. The Bertz CT molecular complexity index is 624. The summed E-state index contributed by atoms with van der Waals surface area (Å²) in [7, 11) is 0. The molecule has 1 aromatic heterocycles. The zero-order valence-corrected chi connectivity index (χ0v) is 11.5. The van der Waals surface area contributed by atoms with Gasteiger partial charge in [-0.2, -0.15) is 4.98 Å². The van der Waals surface area contributed by atoms with E-state index in [0.29, 0.717) is 22.0 Å². The first-order chi connectivity index (χ1) is 9.19. The summed E-state index contributed by atoms with van der Waals surface area (Å²) in [5.74, 6) is 3.17. The van der Waals surface area contributed by atoms with Gasteiger partial charge in [0.2, 0.25) is 11.8 Å². The minimum absolute atomic E-state index is 0.146. The maximum Gasteiger partial charge on any atom is 0.233 e. The van der Waals surface area contributed by atoms with Crippen molar-refractivity contribution < 1.29 is 4.74 Å². The first-order valence-electron chi connectivity index (χ1n) is 5.40. The second-order valence-corrected chi connectivity index (χ2v) is 4.44. The number of anilines is 3. The Morgan fingerprint density at radius 1 is 1.47 bits per heavy atom. The van der Waals surface area contributed by atoms with Gasteiger partial charge >= 0.3 is 0 Å². The number of benzene rings is 1. The van der Waals surface area contributed by atoms with Gasteiger partial charge in [0, 0.05) is 11.4 Å². The average Bonchev–Trinajstić information content (AvgIpc) is 2.39. The van der Waals surface area contributed by atoms with E-state index in [1.54, 1.807) is 18.3 Å². The maximum absolute atomic E-state index is 5.70. The van der Waals surface area contributed by atoms with Crippen LogP contribution in [0.2, 0.25) is 0 Å². The van der Waals surface area contributed by atoms with Crippen LogP contribution in [-0.4, -0.2) is 16.6 Å². The molecule has 0 spiro atoms. The number of ether oxygens (including phenoxy) is 1. The second kappa shape index (κ2) is 6.07. The molecule has 1 heterocycles. The van der Waals surface area contributed by atoms with Crippen LogP contribution in [0.15, 0.2) is 34.9 Å². The number of rotatable bonds is 4. The summed E-state index contributed by atoms with van der Waals surface area (Å²) in [5, 5.41) is 3.03. The minimum Gasteiger partial charge on any atom is -0.464 e. The molecule has 3 N–H and O–H groups in total. The molecule has 5 nitrogen and oxygen atoms in total. The molecule has 0 radical (unpaired) electrons. The van der Waals surface area contributed by atoms with Crippen LogP contribution in [-0.2, 0) is 0 Å². The monoisotopic (exact) mass is 318 g/mol. The van der Waals surface area contributed by atoms with Gasteiger partial charge < -0.3 is 15.8 Å². The highest BCUT2D eigenvalue weighted by Gasteiger charge is 2.06. The molecule has 2 rings (SSSR count). The van der Waals surface area contributed by atoms with Crippen molar-refractivity contribution in [3.8, 4) is 18.2 Å². The zero-order valence-electron chi connectivity index (χ0n) is 9.93. The molecule has 2 aromatic rings. The van der Waals surface area contributed by atoms with Crippen LogP contribution in [0.3, 0.4) is 0 Å². The minimum atomic E-state index is 0.146. The summed E-state index contributed by atoms with van der Waals surface area (Å²) in [6, 6.07) is 7.29. The maximum atomic E-state index is 5.70.